The van der Waals surface area contributed by atoms with Crippen LogP contribution in [0.1, 0.15) is 28.5 Å². The third-order valence-electron chi connectivity index (χ3n) is 5.08. The lowest BCUT2D eigenvalue weighted by Crippen LogP contribution is -2.31. The number of fused-ring (bicyclic) bond motifs is 1. The molecule has 2 heterocycles. The van der Waals surface area contributed by atoms with Gasteiger partial charge in [-0.1, -0.05) is 13.0 Å². The number of benzene rings is 1. The predicted molar refractivity (Wildman–Crippen MR) is 94.3 cm³/mol. The molecule has 130 valence electrons. The minimum Gasteiger partial charge on any atom is -0.351 e. The summed E-state index contributed by atoms with van der Waals surface area (Å²) in [5.41, 5.74) is 3.82. The van der Waals surface area contributed by atoms with E-state index in [2.05, 4.69) is 4.98 Å². The van der Waals surface area contributed by atoms with Gasteiger partial charge in [0.1, 0.15) is 5.69 Å². The van der Waals surface area contributed by atoms with E-state index < -0.39 is 10.0 Å². The number of nitrogens with zero attached hydrogens (tertiary/aromatic N) is 1. The molecule has 1 saturated heterocycles. The number of hydrogen-bond donors (Lipinski definition) is 2. The van der Waals surface area contributed by atoms with E-state index in [9.17, 15) is 13.2 Å². The van der Waals surface area contributed by atoms with Crippen molar-refractivity contribution < 1.29 is 13.2 Å². The van der Waals surface area contributed by atoms with Gasteiger partial charge < -0.3 is 9.88 Å². The van der Waals surface area contributed by atoms with E-state index in [4.69, 9.17) is 5.14 Å². The van der Waals surface area contributed by atoms with Gasteiger partial charge in [0, 0.05) is 24.0 Å². The second-order valence-corrected chi connectivity index (χ2v) is 8.59. The number of nitrogens with one attached hydrogen (secondary N) is 1. The summed E-state index contributed by atoms with van der Waals surface area (Å²) in [5, 5.41) is 6.20. The molecule has 0 saturated carbocycles. The van der Waals surface area contributed by atoms with Crippen molar-refractivity contribution in [3.8, 4) is 0 Å². The number of carbonyl (C=O) groups is 1. The van der Waals surface area contributed by atoms with Gasteiger partial charge >= 0.3 is 0 Å². The Kier molecular flexibility index (Phi) is 4.17. The summed E-state index contributed by atoms with van der Waals surface area (Å²) >= 11 is 0. The van der Waals surface area contributed by atoms with Gasteiger partial charge in [0.25, 0.3) is 5.91 Å². The second kappa shape index (κ2) is 5.89. The summed E-state index contributed by atoms with van der Waals surface area (Å²) in [6.45, 7) is 7.02. The van der Waals surface area contributed by atoms with E-state index in [0.717, 1.165) is 16.5 Å². The minimum absolute atomic E-state index is 0.0804. The zero-order valence-electron chi connectivity index (χ0n) is 14.2. The molecule has 3 N–H and O–H groups in total. The smallest absolute Gasteiger partial charge is 0.270 e. The first-order valence-electron chi connectivity index (χ1n) is 8.04. The predicted octanol–water partition coefficient (Wildman–Crippen LogP) is 1.78. The van der Waals surface area contributed by atoms with Gasteiger partial charge in [0.05, 0.1) is 5.75 Å². The Hall–Kier alpha value is -1.86. The fourth-order valence-corrected chi connectivity index (χ4v) is 4.49. The van der Waals surface area contributed by atoms with E-state index in [-0.39, 0.29) is 23.5 Å². The lowest BCUT2D eigenvalue weighted by molar-refractivity contribution is 0.0780. The number of aromatic amines is 1. The third kappa shape index (κ3) is 3.18. The van der Waals surface area contributed by atoms with E-state index in [1.165, 1.54) is 5.56 Å². The fourth-order valence-electron chi connectivity index (χ4n) is 3.46. The molecule has 0 aliphatic carbocycles. The average Bonchev–Trinajstić information content (AvgIpc) is 3.06. The highest BCUT2D eigenvalue weighted by Crippen LogP contribution is 2.27. The Morgan fingerprint density at radius 1 is 1.33 bits per heavy atom. The van der Waals surface area contributed by atoms with Gasteiger partial charge in [-0.2, -0.15) is 0 Å². The number of amides is 1. The van der Waals surface area contributed by atoms with Gasteiger partial charge in [-0.05, 0) is 48.9 Å². The monoisotopic (exact) mass is 349 g/mol. The minimum atomic E-state index is -3.53. The van der Waals surface area contributed by atoms with Crippen LogP contribution in [0.15, 0.2) is 18.2 Å². The van der Waals surface area contributed by atoms with Gasteiger partial charge in [-0.15, -0.1) is 0 Å². The van der Waals surface area contributed by atoms with Gasteiger partial charge in [-0.25, -0.2) is 13.6 Å². The van der Waals surface area contributed by atoms with Crippen LogP contribution in [0, 0.1) is 25.7 Å². The van der Waals surface area contributed by atoms with Crippen molar-refractivity contribution in [2.45, 2.75) is 20.8 Å². The topological polar surface area (TPSA) is 96.3 Å². The standard InChI is InChI=1S/C17H23N3O3S/c1-10-4-5-15-14(12(10)3)6-16(19-15)17(21)20-7-11(2)13(8-20)9-24(18,22)23/h4-6,11,13,19H,7-9H2,1-3H3,(H2,18,22,23)/t11-,13+/m1/s1. The van der Waals surface area contributed by atoms with Crippen LogP contribution in [0.3, 0.4) is 0 Å². The molecule has 0 bridgehead atoms. The molecule has 3 rings (SSSR count). The van der Waals surface area contributed by atoms with E-state index in [1.54, 1.807) is 4.90 Å². The first kappa shape index (κ1) is 17.0. The van der Waals surface area contributed by atoms with Crippen LogP contribution >= 0.6 is 0 Å². The van der Waals surface area contributed by atoms with Crippen LogP contribution in [0.5, 0.6) is 0 Å². The van der Waals surface area contributed by atoms with Crippen LogP contribution in [0.4, 0.5) is 0 Å². The number of aromatic nitrogens is 1. The number of hydrogen-bond acceptors (Lipinski definition) is 3. The van der Waals surface area contributed by atoms with Crippen LogP contribution in [0.25, 0.3) is 10.9 Å². The molecule has 1 amide bonds. The Labute approximate surface area is 142 Å². The SMILES string of the molecule is Cc1ccc2[nH]c(C(=O)N3C[C@@H](CS(N)(=O)=O)[C@H](C)C3)cc2c1C. The number of H-pyrrole nitrogens is 1. The summed E-state index contributed by atoms with van der Waals surface area (Å²) in [4.78, 5) is 17.7. The molecule has 1 aliphatic heterocycles. The van der Waals surface area contributed by atoms with Gasteiger partial charge in [0.15, 0.2) is 0 Å². The first-order chi connectivity index (χ1) is 11.2. The molecular formula is C17H23N3O3S. The van der Waals surface area contributed by atoms with Crippen molar-refractivity contribution in [3.63, 3.8) is 0 Å². The number of carbonyl (C=O) groups excluding carboxylic acids is 1. The van der Waals surface area contributed by atoms with Crippen molar-refractivity contribution in [2.24, 2.45) is 17.0 Å². The molecule has 1 fully saturated rings. The second-order valence-electron chi connectivity index (χ2n) is 6.93. The number of nitrogens with two attached hydrogens (primary N) is 1. The largest absolute Gasteiger partial charge is 0.351 e. The molecular weight excluding hydrogens is 326 g/mol. The summed E-state index contributed by atoms with van der Waals surface area (Å²) in [7, 11) is -3.53. The Morgan fingerprint density at radius 2 is 2.04 bits per heavy atom. The molecule has 2 aromatic rings. The normalized spacial score (nSPS) is 21.6. The first-order valence-corrected chi connectivity index (χ1v) is 9.76. The van der Waals surface area contributed by atoms with Crippen LogP contribution in [-0.2, 0) is 10.0 Å². The van der Waals surface area contributed by atoms with Crippen molar-refractivity contribution in [1.82, 2.24) is 9.88 Å². The van der Waals surface area contributed by atoms with Crippen LogP contribution in [0.2, 0.25) is 0 Å². The highest BCUT2D eigenvalue weighted by molar-refractivity contribution is 7.89. The maximum atomic E-state index is 12.8. The molecule has 0 radical (unpaired) electrons. The molecule has 1 aromatic heterocycles. The quantitative estimate of drug-likeness (QED) is 0.884. The Bertz CT molecular complexity index is 901. The van der Waals surface area contributed by atoms with E-state index >= 15 is 0 Å². The average molecular weight is 349 g/mol. The Balaban J connectivity index is 1.84. The molecule has 0 spiro atoms. The lowest BCUT2D eigenvalue weighted by atomic mass is 10.0. The molecule has 2 atom stereocenters. The zero-order valence-corrected chi connectivity index (χ0v) is 15.0. The number of rotatable bonds is 3. The molecule has 0 unspecified atom stereocenters. The number of likely N-dealkylation sites (tertiary alicyclic amines) is 1. The van der Waals surface area contributed by atoms with Crippen LogP contribution < -0.4 is 5.14 Å². The Morgan fingerprint density at radius 3 is 2.71 bits per heavy atom. The number of sulfonamides is 1. The van der Waals surface area contributed by atoms with Crippen molar-refractivity contribution >= 4 is 26.8 Å². The molecule has 7 heteroatoms. The zero-order chi connectivity index (χ0) is 17.6. The van der Waals surface area contributed by atoms with E-state index in [1.807, 2.05) is 39.0 Å². The van der Waals surface area contributed by atoms with Crippen molar-refractivity contribution in [2.75, 3.05) is 18.8 Å². The van der Waals surface area contributed by atoms with Gasteiger partial charge in [0.2, 0.25) is 10.0 Å². The highest BCUT2D eigenvalue weighted by atomic mass is 32.2. The number of primary sulfonamides is 1. The maximum absolute atomic E-state index is 12.8. The van der Waals surface area contributed by atoms with Crippen molar-refractivity contribution in [3.05, 3.63) is 35.0 Å². The highest BCUT2D eigenvalue weighted by Gasteiger charge is 2.35. The summed E-state index contributed by atoms with van der Waals surface area (Å²) in [6, 6.07) is 5.89. The maximum Gasteiger partial charge on any atom is 0.270 e. The molecule has 6 nitrogen and oxygen atoms in total. The number of aryl methyl sites for hydroxylation is 2. The fraction of sp³-hybridized carbons (Fsp3) is 0.471. The summed E-state index contributed by atoms with van der Waals surface area (Å²) < 4.78 is 22.7. The van der Waals surface area contributed by atoms with E-state index in [0.29, 0.717) is 18.8 Å². The molecule has 1 aromatic carbocycles. The lowest BCUT2D eigenvalue weighted by Gasteiger charge is -2.15. The van der Waals surface area contributed by atoms with Crippen LogP contribution in [-0.4, -0.2) is 43.1 Å². The van der Waals surface area contributed by atoms with Crippen molar-refractivity contribution in [1.29, 1.82) is 0 Å². The summed E-state index contributed by atoms with van der Waals surface area (Å²) in [6.07, 6.45) is 0. The summed E-state index contributed by atoms with van der Waals surface area (Å²) in [5.74, 6) is -0.173. The van der Waals surface area contributed by atoms with Gasteiger partial charge in [-0.3, -0.25) is 4.79 Å². The molecule has 1 aliphatic rings. The third-order valence-corrected chi connectivity index (χ3v) is 5.97. The molecule has 24 heavy (non-hydrogen) atoms.